The highest BCUT2D eigenvalue weighted by atomic mass is 35.5. The molecule has 1 N–H and O–H groups in total. The summed E-state index contributed by atoms with van der Waals surface area (Å²) in [6.45, 7) is 0. The summed E-state index contributed by atoms with van der Waals surface area (Å²) in [5, 5.41) is 10.3. The molecule has 6 heteroatoms. The van der Waals surface area contributed by atoms with Crippen molar-refractivity contribution in [1.29, 1.82) is 0 Å². The lowest BCUT2D eigenvalue weighted by molar-refractivity contribution is 0.102. The van der Waals surface area contributed by atoms with Crippen LogP contribution in [0.1, 0.15) is 10.5 Å². The van der Waals surface area contributed by atoms with Gasteiger partial charge in [-0.15, -0.1) is 0 Å². The van der Waals surface area contributed by atoms with Crippen molar-refractivity contribution in [3.63, 3.8) is 0 Å². The molecule has 0 aliphatic rings. The quantitative estimate of drug-likeness (QED) is 0.308. The fraction of sp³-hybridized carbons (Fsp3) is 0. The largest absolute Gasteiger partial charge is 0.319 e. The fourth-order valence-corrected chi connectivity index (χ4v) is 4.03. The lowest BCUT2D eigenvalue weighted by Crippen LogP contribution is -2.13. The van der Waals surface area contributed by atoms with E-state index in [4.69, 9.17) is 23.2 Å². The van der Waals surface area contributed by atoms with E-state index < -0.39 is 0 Å². The van der Waals surface area contributed by atoms with Crippen molar-refractivity contribution >= 4 is 45.6 Å². The Balaban J connectivity index is 1.64. The molecular formula is C26H17Cl2N3O. The number of fused-ring (bicyclic) bond motifs is 1. The number of aromatic nitrogens is 2. The van der Waals surface area contributed by atoms with E-state index in [0.29, 0.717) is 15.7 Å². The first-order chi connectivity index (χ1) is 15.6. The number of nitrogens with zero attached hydrogens (tertiary/aromatic N) is 2. The van der Waals surface area contributed by atoms with Gasteiger partial charge >= 0.3 is 0 Å². The number of amides is 1. The molecule has 0 aliphatic carbocycles. The van der Waals surface area contributed by atoms with Crippen LogP contribution in [0.25, 0.3) is 27.7 Å². The monoisotopic (exact) mass is 457 g/mol. The Hall–Kier alpha value is -3.60. The topological polar surface area (TPSA) is 46.9 Å². The summed E-state index contributed by atoms with van der Waals surface area (Å²) in [6, 6.07) is 30.9. The van der Waals surface area contributed by atoms with Crippen LogP contribution in [0.4, 0.5) is 5.69 Å². The normalized spacial score (nSPS) is 10.9. The average Bonchev–Trinajstić information content (AvgIpc) is 3.28. The van der Waals surface area contributed by atoms with E-state index >= 15 is 0 Å². The van der Waals surface area contributed by atoms with Gasteiger partial charge in [-0.3, -0.25) is 4.79 Å². The second-order valence-electron chi connectivity index (χ2n) is 7.24. The van der Waals surface area contributed by atoms with Gasteiger partial charge < -0.3 is 5.32 Å². The van der Waals surface area contributed by atoms with Crippen molar-refractivity contribution in [3.8, 4) is 16.9 Å². The van der Waals surface area contributed by atoms with E-state index in [2.05, 4.69) is 28.6 Å². The van der Waals surface area contributed by atoms with Crippen LogP contribution in [0.5, 0.6) is 0 Å². The van der Waals surface area contributed by atoms with Gasteiger partial charge in [-0.25, -0.2) is 4.68 Å². The minimum atomic E-state index is -0.370. The molecule has 1 amide bonds. The van der Waals surface area contributed by atoms with Gasteiger partial charge in [0.15, 0.2) is 5.69 Å². The summed E-state index contributed by atoms with van der Waals surface area (Å²) in [6.07, 6.45) is 0. The Morgan fingerprint density at radius 1 is 0.812 bits per heavy atom. The molecule has 0 bridgehead atoms. The number of hydrogen-bond acceptors (Lipinski definition) is 2. The number of rotatable bonds is 4. The predicted molar refractivity (Wildman–Crippen MR) is 131 cm³/mol. The van der Waals surface area contributed by atoms with E-state index in [9.17, 15) is 4.79 Å². The van der Waals surface area contributed by atoms with Crippen LogP contribution in [0.2, 0.25) is 10.0 Å². The smallest absolute Gasteiger partial charge is 0.276 e. The summed E-state index contributed by atoms with van der Waals surface area (Å²) in [4.78, 5) is 13.1. The molecule has 0 radical (unpaired) electrons. The number of halogens is 2. The van der Waals surface area contributed by atoms with Crippen LogP contribution in [0.15, 0.2) is 97.1 Å². The summed E-state index contributed by atoms with van der Waals surface area (Å²) >= 11 is 12.3. The number of nitrogens with one attached hydrogen (secondary N) is 1. The summed E-state index contributed by atoms with van der Waals surface area (Å²) in [5.74, 6) is -0.370. The van der Waals surface area contributed by atoms with Crippen molar-refractivity contribution in [2.24, 2.45) is 0 Å². The van der Waals surface area contributed by atoms with Crippen molar-refractivity contribution in [3.05, 3.63) is 113 Å². The third-order valence-electron chi connectivity index (χ3n) is 5.21. The van der Waals surface area contributed by atoms with Gasteiger partial charge in [-0.05, 0) is 41.1 Å². The molecule has 5 rings (SSSR count). The predicted octanol–water partition coefficient (Wildman–Crippen LogP) is 7.25. The number of anilines is 1. The summed E-state index contributed by atoms with van der Waals surface area (Å²) in [5.41, 5.74) is 3.36. The highest BCUT2D eigenvalue weighted by molar-refractivity contribution is 6.44. The van der Waals surface area contributed by atoms with Crippen LogP contribution in [-0.2, 0) is 0 Å². The molecule has 0 spiro atoms. The Labute approximate surface area is 195 Å². The van der Waals surface area contributed by atoms with Gasteiger partial charge in [0.05, 0.1) is 27.1 Å². The minimum absolute atomic E-state index is 0.271. The summed E-state index contributed by atoms with van der Waals surface area (Å²) in [7, 11) is 0. The van der Waals surface area contributed by atoms with Gasteiger partial charge in [0, 0.05) is 5.56 Å². The SMILES string of the molecule is O=C(Nc1cccc(Cl)c1Cl)c1cc(-c2cccc3ccccc23)n(-c2ccccc2)n1. The van der Waals surface area contributed by atoms with Crippen LogP contribution >= 0.6 is 23.2 Å². The molecule has 4 nitrogen and oxygen atoms in total. The number of hydrogen-bond donors (Lipinski definition) is 1. The molecule has 5 aromatic rings. The highest BCUT2D eigenvalue weighted by Crippen LogP contribution is 2.32. The minimum Gasteiger partial charge on any atom is -0.319 e. The Morgan fingerprint density at radius 2 is 1.53 bits per heavy atom. The van der Waals surface area contributed by atoms with Crippen LogP contribution < -0.4 is 5.32 Å². The van der Waals surface area contributed by atoms with E-state index in [1.54, 1.807) is 28.9 Å². The van der Waals surface area contributed by atoms with Crippen LogP contribution in [0, 0.1) is 0 Å². The molecule has 4 aromatic carbocycles. The zero-order valence-corrected chi connectivity index (χ0v) is 18.3. The molecule has 0 fully saturated rings. The third-order valence-corrected chi connectivity index (χ3v) is 6.03. The molecule has 1 heterocycles. The van der Waals surface area contributed by atoms with Crippen molar-refractivity contribution in [1.82, 2.24) is 9.78 Å². The molecule has 0 saturated carbocycles. The molecule has 32 heavy (non-hydrogen) atoms. The van der Waals surface area contributed by atoms with Crippen molar-refractivity contribution < 1.29 is 4.79 Å². The molecule has 0 aliphatic heterocycles. The Kier molecular flexibility index (Phi) is 5.39. The maximum Gasteiger partial charge on any atom is 0.276 e. The number of carbonyl (C=O) groups excluding carboxylic acids is 1. The lowest BCUT2D eigenvalue weighted by atomic mass is 10.0. The van der Waals surface area contributed by atoms with E-state index in [-0.39, 0.29) is 11.6 Å². The molecular weight excluding hydrogens is 441 g/mol. The van der Waals surface area contributed by atoms with E-state index in [0.717, 1.165) is 27.7 Å². The van der Waals surface area contributed by atoms with Gasteiger partial charge in [-0.1, -0.05) is 89.9 Å². The fourth-order valence-electron chi connectivity index (χ4n) is 3.69. The second kappa shape index (κ2) is 8.50. The van der Waals surface area contributed by atoms with Gasteiger partial charge in [0.25, 0.3) is 5.91 Å². The first-order valence-corrected chi connectivity index (χ1v) is 10.8. The molecule has 0 saturated heterocycles. The van der Waals surface area contributed by atoms with Crippen molar-refractivity contribution in [2.75, 3.05) is 5.32 Å². The molecule has 156 valence electrons. The van der Waals surface area contributed by atoms with Crippen LogP contribution in [0.3, 0.4) is 0 Å². The average molecular weight is 458 g/mol. The number of carbonyl (C=O) groups is 1. The zero-order chi connectivity index (χ0) is 22.1. The number of benzene rings is 4. The van der Waals surface area contributed by atoms with Crippen molar-refractivity contribution in [2.45, 2.75) is 0 Å². The third kappa shape index (κ3) is 3.75. The van der Waals surface area contributed by atoms with E-state index in [1.165, 1.54) is 0 Å². The maximum atomic E-state index is 13.1. The number of para-hydroxylation sites is 1. The van der Waals surface area contributed by atoms with Gasteiger partial charge in [-0.2, -0.15) is 5.10 Å². The molecule has 1 aromatic heterocycles. The maximum absolute atomic E-state index is 13.1. The second-order valence-corrected chi connectivity index (χ2v) is 8.03. The zero-order valence-electron chi connectivity index (χ0n) is 16.8. The summed E-state index contributed by atoms with van der Waals surface area (Å²) < 4.78 is 1.79. The first kappa shape index (κ1) is 20.3. The van der Waals surface area contributed by atoms with E-state index in [1.807, 2.05) is 54.6 Å². The Bertz CT molecular complexity index is 1440. The lowest BCUT2D eigenvalue weighted by Gasteiger charge is -2.10. The Morgan fingerprint density at radius 3 is 2.38 bits per heavy atom. The van der Waals surface area contributed by atoms with Gasteiger partial charge in [0.1, 0.15) is 0 Å². The standard InChI is InChI=1S/C26H17Cl2N3O/c27-21-14-7-15-22(25(21)28)29-26(32)23-16-24(31(30-23)18-10-2-1-3-11-18)20-13-6-9-17-8-4-5-12-19(17)20/h1-16H,(H,29,32). The van der Waals surface area contributed by atoms with Crippen LogP contribution in [-0.4, -0.2) is 15.7 Å². The molecule has 0 atom stereocenters. The van der Waals surface area contributed by atoms with Gasteiger partial charge in [0.2, 0.25) is 0 Å². The highest BCUT2D eigenvalue weighted by Gasteiger charge is 2.19. The first-order valence-electron chi connectivity index (χ1n) is 10.0. The molecule has 0 unspecified atom stereocenters.